The Balaban J connectivity index is 1.56. The normalized spacial score (nSPS) is 21.1. The summed E-state index contributed by atoms with van der Waals surface area (Å²) in [5.41, 5.74) is 7.46. The van der Waals surface area contributed by atoms with Crippen LogP contribution in [0.5, 0.6) is 0 Å². The standard InChI is InChI=1S/C32H48N8O4/c1-20(2)28(36-30(42)21(3)34-4)32(44)39-19-25(40-18-24(37-38-40)15-22-11-7-5-8-12-22)17-27(39)31(43)35-26(29(33)41)16-23-13-9-6-10-14-23/h6,9-10,13-14,18,20-22,25-28,34H,5,7-8,11-12,15-17,19H2,1-4H3,(H2,33,41)(H,35,43)(H,36,42)/t21-,25-,26-,27-,28-/m0/s1. The van der Waals surface area contributed by atoms with Crippen LogP contribution in [0, 0.1) is 11.8 Å². The zero-order valence-corrected chi connectivity index (χ0v) is 26.4. The Labute approximate surface area is 259 Å². The number of carbonyl (C=O) groups excluding carboxylic acids is 4. The van der Waals surface area contributed by atoms with Gasteiger partial charge < -0.3 is 26.6 Å². The van der Waals surface area contributed by atoms with Gasteiger partial charge in [-0.2, -0.15) is 0 Å². The van der Waals surface area contributed by atoms with Crippen molar-refractivity contribution in [2.24, 2.45) is 17.6 Å². The van der Waals surface area contributed by atoms with Gasteiger partial charge in [0.05, 0.1) is 17.8 Å². The molecule has 2 aliphatic rings. The fourth-order valence-electron chi connectivity index (χ4n) is 6.21. The monoisotopic (exact) mass is 608 g/mol. The molecule has 2 heterocycles. The summed E-state index contributed by atoms with van der Waals surface area (Å²) >= 11 is 0. The average Bonchev–Trinajstić information content (AvgIpc) is 3.67. The lowest BCUT2D eigenvalue weighted by Gasteiger charge is -2.31. The predicted octanol–water partition coefficient (Wildman–Crippen LogP) is 1.50. The molecule has 1 aromatic heterocycles. The van der Waals surface area contributed by atoms with Crippen molar-refractivity contribution in [1.29, 1.82) is 0 Å². The molecule has 1 aliphatic carbocycles. The van der Waals surface area contributed by atoms with E-state index in [4.69, 9.17) is 5.73 Å². The number of carbonyl (C=O) groups is 4. The number of benzene rings is 1. The van der Waals surface area contributed by atoms with Crippen molar-refractivity contribution < 1.29 is 19.2 Å². The molecule has 5 atom stereocenters. The molecule has 2 aromatic rings. The predicted molar refractivity (Wildman–Crippen MR) is 166 cm³/mol. The van der Waals surface area contributed by atoms with E-state index in [1.807, 2.05) is 50.4 Å². The van der Waals surface area contributed by atoms with Gasteiger partial charge in [-0.05, 0) is 37.8 Å². The number of nitrogens with two attached hydrogens (primary N) is 1. The summed E-state index contributed by atoms with van der Waals surface area (Å²) in [6.07, 6.45) is 9.46. The molecule has 2 fully saturated rings. The summed E-state index contributed by atoms with van der Waals surface area (Å²) in [7, 11) is 1.67. The third-order valence-electron chi connectivity index (χ3n) is 9.02. The molecule has 4 rings (SSSR count). The number of hydrogen-bond donors (Lipinski definition) is 4. The van der Waals surface area contributed by atoms with E-state index in [1.165, 1.54) is 37.0 Å². The number of likely N-dealkylation sites (N-methyl/N-ethyl adjacent to an activating group) is 1. The molecule has 5 N–H and O–H groups in total. The van der Waals surface area contributed by atoms with Gasteiger partial charge >= 0.3 is 0 Å². The molecular formula is C32H48N8O4. The number of hydrogen-bond acceptors (Lipinski definition) is 7. The van der Waals surface area contributed by atoms with Crippen LogP contribution in [0.1, 0.15) is 76.6 Å². The Bertz CT molecular complexity index is 1280. The molecule has 1 saturated carbocycles. The van der Waals surface area contributed by atoms with Crippen LogP contribution in [0.15, 0.2) is 36.5 Å². The second kappa shape index (κ2) is 15.3. The zero-order chi connectivity index (χ0) is 31.8. The van der Waals surface area contributed by atoms with Crippen molar-refractivity contribution in [1.82, 2.24) is 35.8 Å². The molecule has 1 aromatic carbocycles. The van der Waals surface area contributed by atoms with Crippen LogP contribution in [0.3, 0.4) is 0 Å². The van der Waals surface area contributed by atoms with E-state index in [0.29, 0.717) is 5.92 Å². The molecule has 0 radical (unpaired) electrons. The van der Waals surface area contributed by atoms with Gasteiger partial charge in [-0.1, -0.05) is 81.5 Å². The molecule has 1 saturated heterocycles. The van der Waals surface area contributed by atoms with Gasteiger partial charge in [0, 0.05) is 25.6 Å². The largest absolute Gasteiger partial charge is 0.368 e. The molecule has 1 aliphatic heterocycles. The molecular weight excluding hydrogens is 560 g/mol. The number of nitrogens with zero attached hydrogens (tertiary/aromatic N) is 4. The number of likely N-dealkylation sites (tertiary alicyclic amines) is 1. The summed E-state index contributed by atoms with van der Waals surface area (Å²) < 4.78 is 1.76. The van der Waals surface area contributed by atoms with E-state index in [-0.39, 0.29) is 43.2 Å². The molecule has 0 bridgehead atoms. The highest BCUT2D eigenvalue weighted by Crippen LogP contribution is 2.30. The van der Waals surface area contributed by atoms with Crippen LogP contribution in [0.25, 0.3) is 0 Å². The zero-order valence-electron chi connectivity index (χ0n) is 26.4. The lowest BCUT2D eigenvalue weighted by Crippen LogP contribution is -2.58. The van der Waals surface area contributed by atoms with E-state index < -0.39 is 36.0 Å². The highest BCUT2D eigenvalue weighted by molar-refractivity contribution is 5.95. The van der Waals surface area contributed by atoms with Crippen LogP contribution in [-0.2, 0) is 32.0 Å². The Morgan fingerprint density at radius 1 is 1.02 bits per heavy atom. The SMILES string of the molecule is CN[C@@H](C)C(=O)N[C@H](C(=O)N1C[C@@H](n2cc(CC3CCCCC3)nn2)C[C@H]1C(=O)N[C@@H](Cc1ccccc1)C(N)=O)C(C)C. The van der Waals surface area contributed by atoms with Gasteiger partial charge in [0.1, 0.15) is 18.1 Å². The van der Waals surface area contributed by atoms with E-state index in [1.54, 1.807) is 18.7 Å². The van der Waals surface area contributed by atoms with Crippen molar-refractivity contribution in [2.45, 2.75) is 102 Å². The van der Waals surface area contributed by atoms with Gasteiger partial charge in [0.15, 0.2) is 0 Å². The molecule has 44 heavy (non-hydrogen) atoms. The van der Waals surface area contributed by atoms with Crippen molar-refractivity contribution in [3.05, 3.63) is 47.8 Å². The number of amides is 4. The minimum atomic E-state index is -0.952. The Hall–Kier alpha value is -3.80. The Morgan fingerprint density at radius 2 is 1.73 bits per heavy atom. The Morgan fingerprint density at radius 3 is 2.36 bits per heavy atom. The topological polar surface area (TPSA) is 164 Å². The first-order chi connectivity index (χ1) is 21.1. The Kier molecular flexibility index (Phi) is 11.5. The first kappa shape index (κ1) is 33.1. The summed E-state index contributed by atoms with van der Waals surface area (Å²) in [5.74, 6) is -1.44. The van der Waals surface area contributed by atoms with Gasteiger partial charge in [0.25, 0.3) is 0 Å². The summed E-state index contributed by atoms with van der Waals surface area (Å²) in [5, 5.41) is 17.4. The van der Waals surface area contributed by atoms with Gasteiger partial charge in [0.2, 0.25) is 23.6 Å². The van der Waals surface area contributed by atoms with Crippen molar-refractivity contribution in [3.63, 3.8) is 0 Å². The van der Waals surface area contributed by atoms with Crippen molar-refractivity contribution in [2.75, 3.05) is 13.6 Å². The highest BCUT2D eigenvalue weighted by atomic mass is 16.2. The second-order valence-electron chi connectivity index (χ2n) is 12.7. The van der Waals surface area contributed by atoms with E-state index in [9.17, 15) is 19.2 Å². The number of nitrogens with one attached hydrogen (secondary N) is 3. The fourth-order valence-corrected chi connectivity index (χ4v) is 6.21. The summed E-state index contributed by atoms with van der Waals surface area (Å²) in [6.45, 7) is 5.64. The van der Waals surface area contributed by atoms with Crippen LogP contribution in [0.2, 0.25) is 0 Å². The number of aromatic nitrogens is 3. The van der Waals surface area contributed by atoms with Crippen LogP contribution in [0.4, 0.5) is 0 Å². The average molecular weight is 609 g/mol. The fraction of sp³-hybridized carbons (Fsp3) is 0.625. The third kappa shape index (κ3) is 8.43. The molecule has 0 unspecified atom stereocenters. The highest BCUT2D eigenvalue weighted by Gasteiger charge is 2.44. The lowest BCUT2D eigenvalue weighted by molar-refractivity contribution is -0.143. The first-order valence-corrected chi connectivity index (χ1v) is 15.9. The van der Waals surface area contributed by atoms with Crippen molar-refractivity contribution >= 4 is 23.6 Å². The smallest absolute Gasteiger partial charge is 0.246 e. The minimum absolute atomic E-state index is 0.212. The van der Waals surface area contributed by atoms with Crippen LogP contribution in [-0.4, -0.2) is 81.3 Å². The molecule has 240 valence electrons. The second-order valence-corrected chi connectivity index (χ2v) is 12.7. The van der Waals surface area contributed by atoms with Gasteiger partial charge in [-0.25, -0.2) is 4.68 Å². The number of primary amides is 1. The maximum absolute atomic E-state index is 14.1. The first-order valence-electron chi connectivity index (χ1n) is 15.9. The third-order valence-corrected chi connectivity index (χ3v) is 9.02. The van der Waals surface area contributed by atoms with E-state index in [0.717, 1.165) is 17.7 Å². The summed E-state index contributed by atoms with van der Waals surface area (Å²) in [6, 6.07) is 5.81. The van der Waals surface area contributed by atoms with E-state index in [2.05, 4.69) is 26.3 Å². The summed E-state index contributed by atoms with van der Waals surface area (Å²) in [4.78, 5) is 54.6. The molecule has 4 amide bonds. The van der Waals surface area contributed by atoms with Gasteiger partial charge in [-0.15, -0.1) is 5.10 Å². The molecule has 12 nitrogen and oxygen atoms in total. The molecule has 0 spiro atoms. The van der Waals surface area contributed by atoms with Crippen LogP contribution >= 0.6 is 0 Å². The quantitative estimate of drug-likeness (QED) is 0.268. The van der Waals surface area contributed by atoms with Gasteiger partial charge in [-0.3, -0.25) is 19.2 Å². The number of rotatable bonds is 13. The maximum Gasteiger partial charge on any atom is 0.246 e. The molecule has 12 heteroatoms. The van der Waals surface area contributed by atoms with Crippen molar-refractivity contribution in [3.8, 4) is 0 Å². The lowest BCUT2D eigenvalue weighted by atomic mass is 9.86. The van der Waals surface area contributed by atoms with E-state index >= 15 is 0 Å². The maximum atomic E-state index is 14.1. The van der Waals surface area contributed by atoms with Crippen LogP contribution < -0.4 is 21.7 Å². The minimum Gasteiger partial charge on any atom is -0.368 e.